The van der Waals surface area contributed by atoms with Gasteiger partial charge in [0.1, 0.15) is 11.5 Å². The minimum atomic E-state index is -0.0918. The predicted octanol–water partition coefficient (Wildman–Crippen LogP) is 3.02. The number of halogens is 1. The second-order valence-electron chi connectivity index (χ2n) is 6.60. The SMILES string of the molecule is COc1ccc(C(=O)N2CCN(C(=O)COc3ccc(Cl)cc3C)CC2)cc1. The Hall–Kier alpha value is -2.73. The number of aryl methyl sites for hydroxylation is 1. The van der Waals surface area contributed by atoms with Crippen molar-refractivity contribution in [3.63, 3.8) is 0 Å². The van der Waals surface area contributed by atoms with Gasteiger partial charge in [-0.05, 0) is 55.0 Å². The van der Waals surface area contributed by atoms with Crippen molar-refractivity contribution in [1.82, 2.24) is 9.80 Å². The maximum Gasteiger partial charge on any atom is 0.260 e. The van der Waals surface area contributed by atoms with Crippen LogP contribution in [0.3, 0.4) is 0 Å². The van der Waals surface area contributed by atoms with Crippen molar-refractivity contribution in [2.45, 2.75) is 6.92 Å². The van der Waals surface area contributed by atoms with Crippen molar-refractivity contribution in [1.29, 1.82) is 0 Å². The van der Waals surface area contributed by atoms with Gasteiger partial charge in [-0.1, -0.05) is 11.6 Å². The van der Waals surface area contributed by atoms with Crippen LogP contribution in [0.15, 0.2) is 42.5 Å². The molecule has 0 spiro atoms. The summed E-state index contributed by atoms with van der Waals surface area (Å²) in [5.74, 6) is 1.22. The summed E-state index contributed by atoms with van der Waals surface area (Å²) in [5, 5.41) is 0.633. The zero-order valence-corrected chi connectivity index (χ0v) is 16.7. The van der Waals surface area contributed by atoms with Crippen molar-refractivity contribution >= 4 is 23.4 Å². The summed E-state index contributed by atoms with van der Waals surface area (Å²) >= 11 is 5.93. The lowest BCUT2D eigenvalue weighted by Gasteiger charge is -2.34. The van der Waals surface area contributed by atoms with Crippen molar-refractivity contribution < 1.29 is 19.1 Å². The fraction of sp³-hybridized carbons (Fsp3) is 0.333. The number of methoxy groups -OCH3 is 1. The zero-order chi connectivity index (χ0) is 20.1. The molecule has 0 aliphatic carbocycles. The van der Waals surface area contributed by atoms with E-state index < -0.39 is 0 Å². The van der Waals surface area contributed by atoms with Crippen LogP contribution in [-0.4, -0.2) is 61.5 Å². The molecule has 2 aromatic carbocycles. The highest BCUT2D eigenvalue weighted by Crippen LogP contribution is 2.22. The van der Waals surface area contributed by atoms with Crippen LogP contribution in [0, 0.1) is 6.92 Å². The summed E-state index contributed by atoms with van der Waals surface area (Å²) in [4.78, 5) is 28.5. The minimum Gasteiger partial charge on any atom is -0.497 e. The van der Waals surface area contributed by atoms with Gasteiger partial charge in [0.05, 0.1) is 7.11 Å². The number of ether oxygens (including phenoxy) is 2. The summed E-state index contributed by atoms with van der Waals surface area (Å²) in [6.45, 7) is 3.82. The van der Waals surface area contributed by atoms with Crippen molar-refractivity contribution in [2.75, 3.05) is 39.9 Å². The minimum absolute atomic E-state index is 0.0328. The number of carbonyl (C=O) groups excluding carboxylic acids is 2. The van der Waals surface area contributed by atoms with E-state index in [0.717, 1.165) is 5.56 Å². The topological polar surface area (TPSA) is 59.1 Å². The van der Waals surface area contributed by atoms with E-state index in [4.69, 9.17) is 21.1 Å². The lowest BCUT2D eigenvalue weighted by Crippen LogP contribution is -2.51. The molecule has 1 fully saturated rings. The molecule has 0 bridgehead atoms. The molecule has 1 heterocycles. The van der Waals surface area contributed by atoms with Crippen LogP contribution in [0.2, 0.25) is 5.02 Å². The van der Waals surface area contributed by atoms with E-state index in [2.05, 4.69) is 0 Å². The molecule has 1 aliphatic rings. The quantitative estimate of drug-likeness (QED) is 0.771. The van der Waals surface area contributed by atoms with Gasteiger partial charge < -0.3 is 19.3 Å². The third kappa shape index (κ3) is 4.75. The van der Waals surface area contributed by atoms with Crippen LogP contribution < -0.4 is 9.47 Å². The highest BCUT2D eigenvalue weighted by atomic mass is 35.5. The summed E-state index contributed by atoms with van der Waals surface area (Å²) in [6, 6.07) is 12.3. The third-order valence-corrected chi connectivity index (χ3v) is 4.98. The van der Waals surface area contributed by atoms with Crippen LogP contribution in [0.5, 0.6) is 11.5 Å². The van der Waals surface area contributed by atoms with Crippen LogP contribution >= 0.6 is 11.6 Å². The first-order valence-corrected chi connectivity index (χ1v) is 9.46. The number of benzene rings is 2. The Labute approximate surface area is 169 Å². The average Bonchev–Trinajstić information content (AvgIpc) is 2.72. The molecule has 2 aromatic rings. The van der Waals surface area contributed by atoms with Gasteiger partial charge in [-0.25, -0.2) is 0 Å². The van der Waals surface area contributed by atoms with Gasteiger partial charge in [-0.3, -0.25) is 9.59 Å². The van der Waals surface area contributed by atoms with Crippen molar-refractivity contribution in [3.8, 4) is 11.5 Å². The maximum absolute atomic E-state index is 12.6. The Morgan fingerprint density at radius 1 is 1.00 bits per heavy atom. The Kier molecular flexibility index (Phi) is 6.41. The smallest absolute Gasteiger partial charge is 0.260 e. The number of rotatable bonds is 5. The van der Waals surface area contributed by atoms with Gasteiger partial charge in [-0.2, -0.15) is 0 Å². The van der Waals surface area contributed by atoms with E-state index in [1.165, 1.54) is 0 Å². The molecule has 0 radical (unpaired) electrons. The second kappa shape index (κ2) is 8.97. The summed E-state index contributed by atoms with van der Waals surface area (Å²) < 4.78 is 10.7. The Balaban J connectivity index is 1.49. The Morgan fingerprint density at radius 2 is 1.64 bits per heavy atom. The Bertz CT molecular complexity index is 846. The molecule has 7 heteroatoms. The van der Waals surface area contributed by atoms with Gasteiger partial charge in [-0.15, -0.1) is 0 Å². The molecule has 2 amide bonds. The van der Waals surface area contributed by atoms with Gasteiger partial charge >= 0.3 is 0 Å². The van der Waals surface area contributed by atoms with Crippen LogP contribution in [0.4, 0.5) is 0 Å². The summed E-state index contributed by atoms with van der Waals surface area (Å²) in [6.07, 6.45) is 0. The molecule has 0 N–H and O–H groups in total. The van der Waals surface area contributed by atoms with Crippen molar-refractivity contribution in [2.24, 2.45) is 0 Å². The molecule has 0 unspecified atom stereocenters. The monoisotopic (exact) mass is 402 g/mol. The third-order valence-electron chi connectivity index (χ3n) is 4.74. The number of amides is 2. The predicted molar refractivity (Wildman–Crippen MR) is 107 cm³/mol. The Morgan fingerprint density at radius 3 is 2.25 bits per heavy atom. The normalized spacial score (nSPS) is 14.0. The van der Waals surface area contributed by atoms with E-state index in [1.54, 1.807) is 59.4 Å². The molecule has 3 rings (SSSR count). The molecule has 148 valence electrons. The van der Waals surface area contributed by atoms with Crippen LogP contribution in [0.25, 0.3) is 0 Å². The molecule has 0 aromatic heterocycles. The van der Waals surface area contributed by atoms with Crippen molar-refractivity contribution in [3.05, 3.63) is 58.6 Å². The number of carbonyl (C=O) groups is 2. The summed E-state index contributed by atoms with van der Waals surface area (Å²) in [5.41, 5.74) is 1.50. The van der Waals surface area contributed by atoms with Crippen LogP contribution in [-0.2, 0) is 4.79 Å². The first-order valence-electron chi connectivity index (χ1n) is 9.08. The molecular weight excluding hydrogens is 380 g/mol. The van der Waals surface area contributed by atoms with E-state index >= 15 is 0 Å². The summed E-state index contributed by atoms with van der Waals surface area (Å²) in [7, 11) is 1.59. The number of piperazine rings is 1. The maximum atomic E-state index is 12.6. The number of nitrogens with zero attached hydrogens (tertiary/aromatic N) is 2. The number of hydrogen-bond donors (Lipinski definition) is 0. The molecule has 28 heavy (non-hydrogen) atoms. The van der Waals surface area contributed by atoms with E-state index in [0.29, 0.717) is 48.3 Å². The largest absolute Gasteiger partial charge is 0.497 e. The van der Waals surface area contributed by atoms with E-state index in [9.17, 15) is 9.59 Å². The van der Waals surface area contributed by atoms with Gasteiger partial charge in [0.25, 0.3) is 11.8 Å². The molecule has 0 saturated carbocycles. The van der Waals surface area contributed by atoms with Crippen LogP contribution in [0.1, 0.15) is 15.9 Å². The average molecular weight is 403 g/mol. The molecular formula is C21H23ClN2O4. The first-order chi connectivity index (χ1) is 13.5. The van der Waals surface area contributed by atoms with Gasteiger partial charge in [0.2, 0.25) is 0 Å². The van der Waals surface area contributed by atoms with E-state index in [-0.39, 0.29) is 18.4 Å². The van der Waals surface area contributed by atoms with Gasteiger partial charge in [0.15, 0.2) is 6.61 Å². The zero-order valence-electron chi connectivity index (χ0n) is 16.0. The molecule has 1 aliphatic heterocycles. The fourth-order valence-electron chi connectivity index (χ4n) is 3.08. The fourth-order valence-corrected chi connectivity index (χ4v) is 3.31. The highest BCUT2D eigenvalue weighted by molar-refractivity contribution is 6.30. The first kappa shape index (κ1) is 20.0. The molecule has 0 atom stereocenters. The standard InChI is InChI=1S/C21H23ClN2O4/c1-15-13-17(22)5-8-19(15)28-14-20(25)23-9-11-24(12-10-23)21(26)16-3-6-18(27-2)7-4-16/h3-8,13H,9-12,14H2,1-2H3. The number of hydrogen-bond acceptors (Lipinski definition) is 4. The van der Waals surface area contributed by atoms with E-state index in [1.807, 2.05) is 6.92 Å². The highest BCUT2D eigenvalue weighted by Gasteiger charge is 2.25. The lowest BCUT2D eigenvalue weighted by atomic mass is 10.1. The molecule has 1 saturated heterocycles. The molecule has 6 nitrogen and oxygen atoms in total. The van der Waals surface area contributed by atoms with Gasteiger partial charge in [0, 0.05) is 36.8 Å². The lowest BCUT2D eigenvalue weighted by molar-refractivity contribution is -0.134. The second-order valence-corrected chi connectivity index (χ2v) is 7.04.